The molecule has 0 aliphatic carbocycles. The molecule has 1 heterocycles. The Morgan fingerprint density at radius 3 is 2.31 bits per heavy atom. The lowest BCUT2D eigenvalue weighted by molar-refractivity contribution is 0.680. The fourth-order valence-corrected chi connectivity index (χ4v) is 1.47. The van der Waals surface area contributed by atoms with Crippen LogP contribution in [0.15, 0.2) is 12.4 Å². The Bertz CT molecular complexity index is 258. The summed E-state index contributed by atoms with van der Waals surface area (Å²) in [5, 5.41) is 0. The van der Waals surface area contributed by atoms with E-state index in [1.807, 2.05) is 12.4 Å². The van der Waals surface area contributed by atoms with Gasteiger partial charge in [-0.05, 0) is 43.4 Å². The summed E-state index contributed by atoms with van der Waals surface area (Å²) in [6.45, 7) is 7.34. The highest BCUT2D eigenvalue weighted by molar-refractivity contribution is 14.1. The molecule has 0 N–H and O–H groups in total. The number of nitrogens with zero attached hydrogens (tertiary/aromatic N) is 3. The van der Waals surface area contributed by atoms with Crippen LogP contribution < -0.4 is 4.90 Å². The van der Waals surface area contributed by atoms with Crippen molar-refractivity contribution < 1.29 is 0 Å². The average Bonchev–Trinajstić information content (AvgIpc) is 2.09. The second kappa shape index (κ2) is 4.74. The van der Waals surface area contributed by atoms with Crippen LogP contribution in [0.1, 0.15) is 20.8 Å². The number of halogens is 1. The maximum atomic E-state index is 4.28. The summed E-state index contributed by atoms with van der Waals surface area (Å²) in [7, 11) is 0. The van der Waals surface area contributed by atoms with Gasteiger partial charge in [-0.2, -0.15) is 0 Å². The normalized spacial score (nSPS) is 10.5. The number of anilines is 1. The lowest BCUT2D eigenvalue weighted by Gasteiger charge is -2.24. The number of hydrogen-bond acceptors (Lipinski definition) is 3. The lowest BCUT2D eigenvalue weighted by atomic mass is 10.3. The molecule has 0 aromatic carbocycles. The molecule has 0 spiro atoms. The van der Waals surface area contributed by atoms with Gasteiger partial charge in [-0.3, -0.25) is 0 Å². The Labute approximate surface area is 92.7 Å². The third-order valence-corrected chi connectivity index (χ3v) is 2.38. The van der Waals surface area contributed by atoms with Gasteiger partial charge in [0.1, 0.15) is 0 Å². The minimum absolute atomic E-state index is 0.449. The Kier molecular flexibility index (Phi) is 3.90. The van der Waals surface area contributed by atoms with Gasteiger partial charge in [-0.1, -0.05) is 0 Å². The van der Waals surface area contributed by atoms with Crippen molar-refractivity contribution in [3.63, 3.8) is 0 Å². The van der Waals surface area contributed by atoms with Crippen molar-refractivity contribution in [1.82, 2.24) is 9.97 Å². The van der Waals surface area contributed by atoms with Crippen LogP contribution >= 0.6 is 22.6 Å². The topological polar surface area (TPSA) is 29.0 Å². The number of rotatable bonds is 3. The molecule has 0 fully saturated rings. The summed E-state index contributed by atoms with van der Waals surface area (Å²) in [5.74, 6) is 0.818. The third kappa shape index (κ3) is 2.79. The summed E-state index contributed by atoms with van der Waals surface area (Å²) in [6.07, 6.45) is 3.68. The van der Waals surface area contributed by atoms with E-state index < -0.39 is 0 Å². The van der Waals surface area contributed by atoms with Gasteiger partial charge in [0.2, 0.25) is 5.95 Å². The second-order valence-electron chi connectivity index (χ2n) is 3.08. The molecule has 0 atom stereocenters. The van der Waals surface area contributed by atoms with Crippen molar-refractivity contribution >= 4 is 28.5 Å². The summed E-state index contributed by atoms with van der Waals surface area (Å²) < 4.78 is 1.07. The van der Waals surface area contributed by atoms with E-state index in [1.54, 1.807) is 0 Å². The standard InChI is InChI=1S/C9H14IN3/c1-4-13(7(2)3)9-11-5-8(10)6-12-9/h5-7H,4H2,1-3H3. The van der Waals surface area contributed by atoms with Gasteiger partial charge in [0.15, 0.2) is 0 Å². The Balaban J connectivity index is 2.86. The molecule has 0 aliphatic heterocycles. The fourth-order valence-electron chi connectivity index (χ4n) is 1.19. The van der Waals surface area contributed by atoms with Crippen LogP contribution in [0.5, 0.6) is 0 Å². The zero-order chi connectivity index (χ0) is 9.84. The number of aromatic nitrogens is 2. The van der Waals surface area contributed by atoms with E-state index in [0.29, 0.717) is 6.04 Å². The molecule has 4 heteroatoms. The Morgan fingerprint density at radius 1 is 1.38 bits per heavy atom. The van der Waals surface area contributed by atoms with Gasteiger partial charge in [0, 0.05) is 28.6 Å². The molecule has 13 heavy (non-hydrogen) atoms. The highest BCUT2D eigenvalue weighted by Crippen LogP contribution is 2.10. The van der Waals surface area contributed by atoms with Gasteiger partial charge < -0.3 is 4.90 Å². The number of hydrogen-bond donors (Lipinski definition) is 0. The SMILES string of the molecule is CCN(c1ncc(I)cn1)C(C)C. The molecule has 1 aromatic rings. The summed E-state index contributed by atoms with van der Waals surface area (Å²) >= 11 is 2.21. The van der Waals surface area contributed by atoms with Crippen LogP contribution in [0.3, 0.4) is 0 Å². The monoisotopic (exact) mass is 291 g/mol. The molecule has 0 radical (unpaired) electrons. The van der Waals surface area contributed by atoms with E-state index in [9.17, 15) is 0 Å². The van der Waals surface area contributed by atoms with E-state index in [-0.39, 0.29) is 0 Å². The van der Waals surface area contributed by atoms with Crippen molar-refractivity contribution in [2.24, 2.45) is 0 Å². The smallest absolute Gasteiger partial charge is 0.225 e. The minimum Gasteiger partial charge on any atom is -0.339 e. The molecule has 0 bridgehead atoms. The molecular formula is C9H14IN3. The van der Waals surface area contributed by atoms with Gasteiger partial charge in [-0.25, -0.2) is 9.97 Å². The van der Waals surface area contributed by atoms with E-state index >= 15 is 0 Å². The van der Waals surface area contributed by atoms with Crippen LogP contribution in [0.4, 0.5) is 5.95 Å². The summed E-state index contributed by atoms with van der Waals surface area (Å²) in [4.78, 5) is 10.7. The van der Waals surface area contributed by atoms with Crippen molar-refractivity contribution in [3.8, 4) is 0 Å². The van der Waals surface area contributed by atoms with Crippen molar-refractivity contribution in [3.05, 3.63) is 16.0 Å². The van der Waals surface area contributed by atoms with E-state index in [1.165, 1.54) is 0 Å². The molecule has 0 amide bonds. The quantitative estimate of drug-likeness (QED) is 0.800. The zero-order valence-electron chi connectivity index (χ0n) is 8.16. The van der Waals surface area contributed by atoms with Crippen molar-refractivity contribution in [2.45, 2.75) is 26.8 Å². The van der Waals surface area contributed by atoms with Crippen molar-refractivity contribution in [1.29, 1.82) is 0 Å². The van der Waals surface area contributed by atoms with Gasteiger partial charge in [0.25, 0.3) is 0 Å². The van der Waals surface area contributed by atoms with Crippen LogP contribution in [0, 0.1) is 3.57 Å². The van der Waals surface area contributed by atoms with Crippen LogP contribution in [-0.2, 0) is 0 Å². The molecule has 1 rings (SSSR count). The Hall–Kier alpha value is -0.390. The maximum Gasteiger partial charge on any atom is 0.225 e. The van der Waals surface area contributed by atoms with E-state index in [4.69, 9.17) is 0 Å². The zero-order valence-corrected chi connectivity index (χ0v) is 10.3. The fraction of sp³-hybridized carbons (Fsp3) is 0.556. The molecular weight excluding hydrogens is 277 g/mol. The molecule has 0 saturated carbocycles. The van der Waals surface area contributed by atoms with Gasteiger partial charge in [-0.15, -0.1) is 0 Å². The second-order valence-corrected chi connectivity index (χ2v) is 4.33. The Morgan fingerprint density at radius 2 is 1.92 bits per heavy atom. The maximum absolute atomic E-state index is 4.28. The van der Waals surface area contributed by atoms with Crippen LogP contribution in [0.2, 0.25) is 0 Å². The van der Waals surface area contributed by atoms with Crippen molar-refractivity contribution in [2.75, 3.05) is 11.4 Å². The molecule has 72 valence electrons. The lowest BCUT2D eigenvalue weighted by Crippen LogP contribution is -2.31. The first kappa shape index (κ1) is 10.7. The van der Waals surface area contributed by atoms with Crippen LogP contribution in [-0.4, -0.2) is 22.6 Å². The summed E-state index contributed by atoms with van der Waals surface area (Å²) in [5.41, 5.74) is 0. The first-order valence-electron chi connectivity index (χ1n) is 4.39. The minimum atomic E-state index is 0.449. The molecule has 0 aliphatic rings. The summed E-state index contributed by atoms with van der Waals surface area (Å²) in [6, 6.07) is 0.449. The predicted molar refractivity (Wildman–Crippen MR) is 62.9 cm³/mol. The van der Waals surface area contributed by atoms with Gasteiger partial charge >= 0.3 is 0 Å². The molecule has 1 aromatic heterocycles. The highest BCUT2D eigenvalue weighted by Gasteiger charge is 2.09. The third-order valence-electron chi connectivity index (χ3n) is 1.83. The van der Waals surface area contributed by atoms with Gasteiger partial charge in [0.05, 0.1) is 0 Å². The first-order valence-corrected chi connectivity index (χ1v) is 5.47. The molecule has 0 saturated heterocycles. The molecule has 3 nitrogen and oxygen atoms in total. The molecule has 0 unspecified atom stereocenters. The van der Waals surface area contributed by atoms with E-state index in [2.05, 4.69) is 58.2 Å². The predicted octanol–water partition coefficient (Wildman–Crippen LogP) is 2.32. The van der Waals surface area contributed by atoms with E-state index in [0.717, 1.165) is 16.1 Å². The highest BCUT2D eigenvalue weighted by atomic mass is 127. The first-order chi connectivity index (χ1) is 6.15. The largest absolute Gasteiger partial charge is 0.339 e. The average molecular weight is 291 g/mol. The van der Waals surface area contributed by atoms with Crippen LogP contribution in [0.25, 0.3) is 0 Å².